The summed E-state index contributed by atoms with van der Waals surface area (Å²) in [4.78, 5) is 17.4. The Morgan fingerprint density at radius 3 is 2.57 bits per heavy atom. The molecule has 2 aliphatic rings. The van der Waals surface area contributed by atoms with Crippen molar-refractivity contribution in [3.05, 3.63) is 35.9 Å². The van der Waals surface area contributed by atoms with Gasteiger partial charge in [0.2, 0.25) is 5.91 Å². The van der Waals surface area contributed by atoms with Gasteiger partial charge in [0.15, 0.2) is 0 Å². The molecule has 2 aliphatic heterocycles. The first-order valence-electron chi connectivity index (χ1n) is 8.89. The molecule has 1 N–H and O–H groups in total. The molecule has 4 nitrogen and oxygen atoms in total. The highest BCUT2D eigenvalue weighted by Gasteiger charge is 2.45. The van der Waals surface area contributed by atoms with Crippen LogP contribution in [0.3, 0.4) is 0 Å². The van der Waals surface area contributed by atoms with Gasteiger partial charge < -0.3 is 10.2 Å². The van der Waals surface area contributed by atoms with Crippen LogP contribution in [0.25, 0.3) is 0 Å². The molecule has 3 rings (SSSR count). The Labute approximate surface area is 139 Å². The molecule has 23 heavy (non-hydrogen) atoms. The molecule has 1 amide bonds. The van der Waals surface area contributed by atoms with Gasteiger partial charge in [-0.1, -0.05) is 37.3 Å². The molecule has 0 saturated carbocycles. The van der Waals surface area contributed by atoms with Crippen LogP contribution < -0.4 is 5.32 Å². The standard InChI is InChI=1S/C19H29N3O/c1-16(17-7-4-3-5-8-17)15-22-13-9-19(10-14-22)18(23)20-11-6-12-21(19)2/h3-5,7-8,16H,6,9-15H2,1-2H3,(H,20,23). The Bertz CT molecular complexity index is 523. The SMILES string of the molecule is CC(CN1CCC2(CC1)C(=O)NCCCN2C)c1ccccc1. The van der Waals surface area contributed by atoms with E-state index in [1.54, 1.807) is 0 Å². The Morgan fingerprint density at radius 1 is 1.17 bits per heavy atom. The Morgan fingerprint density at radius 2 is 1.87 bits per heavy atom. The summed E-state index contributed by atoms with van der Waals surface area (Å²) < 4.78 is 0. The average molecular weight is 315 g/mol. The van der Waals surface area contributed by atoms with Crippen LogP contribution in [-0.2, 0) is 4.79 Å². The monoisotopic (exact) mass is 315 g/mol. The van der Waals surface area contributed by atoms with E-state index in [-0.39, 0.29) is 11.4 Å². The van der Waals surface area contributed by atoms with Gasteiger partial charge in [-0.25, -0.2) is 0 Å². The van der Waals surface area contributed by atoms with Crippen molar-refractivity contribution in [2.45, 2.75) is 37.6 Å². The van der Waals surface area contributed by atoms with Gasteiger partial charge in [0.05, 0.1) is 0 Å². The molecule has 4 heteroatoms. The minimum atomic E-state index is -0.275. The van der Waals surface area contributed by atoms with Crippen LogP contribution in [0.4, 0.5) is 0 Å². The van der Waals surface area contributed by atoms with Crippen LogP contribution in [-0.4, -0.2) is 61.0 Å². The topological polar surface area (TPSA) is 35.6 Å². The van der Waals surface area contributed by atoms with Crippen LogP contribution in [0.15, 0.2) is 30.3 Å². The molecule has 2 saturated heterocycles. The van der Waals surface area contributed by atoms with Gasteiger partial charge in [-0.05, 0) is 37.8 Å². The number of carbonyl (C=O) groups excluding carboxylic acids is 1. The van der Waals surface area contributed by atoms with Crippen molar-refractivity contribution in [2.75, 3.05) is 39.8 Å². The molecular formula is C19H29N3O. The first-order valence-corrected chi connectivity index (χ1v) is 8.89. The maximum atomic E-state index is 12.6. The number of nitrogens with zero attached hydrogens (tertiary/aromatic N) is 2. The number of rotatable bonds is 3. The zero-order valence-electron chi connectivity index (χ0n) is 14.4. The fourth-order valence-corrected chi connectivity index (χ4v) is 4.06. The molecule has 1 atom stereocenters. The van der Waals surface area contributed by atoms with Crippen molar-refractivity contribution in [1.82, 2.24) is 15.1 Å². The van der Waals surface area contributed by atoms with Crippen molar-refractivity contribution < 1.29 is 4.79 Å². The number of carbonyl (C=O) groups is 1. The number of likely N-dealkylation sites (tertiary alicyclic amines) is 1. The van der Waals surface area contributed by atoms with Crippen LogP contribution in [0.2, 0.25) is 0 Å². The van der Waals surface area contributed by atoms with Crippen LogP contribution in [0, 0.1) is 0 Å². The first-order chi connectivity index (χ1) is 11.1. The van der Waals surface area contributed by atoms with Crippen molar-refractivity contribution in [3.8, 4) is 0 Å². The first kappa shape index (κ1) is 16.5. The van der Waals surface area contributed by atoms with Gasteiger partial charge in [-0.3, -0.25) is 9.69 Å². The second-order valence-corrected chi connectivity index (χ2v) is 7.17. The van der Waals surface area contributed by atoms with Crippen molar-refractivity contribution in [2.24, 2.45) is 0 Å². The second kappa shape index (κ2) is 7.02. The van der Waals surface area contributed by atoms with Gasteiger partial charge in [0.25, 0.3) is 0 Å². The van der Waals surface area contributed by atoms with Crippen LogP contribution >= 0.6 is 0 Å². The third kappa shape index (κ3) is 3.43. The molecule has 0 aliphatic carbocycles. The van der Waals surface area contributed by atoms with Crippen molar-refractivity contribution in [3.63, 3.8) is 0 Å². The molecule has 0 bridgehead atoms. The lowest BCUT2D eigenvalue weighted by molar-refractivity contribution is -0.134. The molecule has 0 radical (unpaired) electrons. The smallest absolute Gasteiger partial charge is 0.240 e. The second-order valence-electron chi connectivity index (χ2n) is 7.17. The van der Waals surface area contributed by atoms with Crippen molar-refractivity contribution >= 4 is 5.91 Å². The number of nitrogens with one attached hydrogen (secondary N) is 1. The van der Waals surface area contributed by atoms with Gasteiger partial charge in [-0.15, -0.1) is 0 Å². The highest BCUT2D eigenvalue weighted by Crippen LogP contribution is 2.31. The summed E-state index contributed by atoms with van der Waals surface area (Å²) in [6.45, 7) is 7.22. The van der Waals surface area contributed by atoms with E-state index in [4.69, 9.17) is 0 Å². The lowest BCUT2D eigenvalue weighted by Gasteiger charge is -2.45. The highest BCUT2D eigenvalue weighted by molar-refractivity contribution is 5.86. The van der Waals surface area contributed by atoms with E-state index < -0.39 is 0 Å². The summed E-state index contributed by atoms with van der Waals surface area (Å²) in [5.41, 5.74) is 1.13. The summed E-state index contributed by atoms with van der Waals surface area (Å²) >= 11 is 0. The van der Waals surface area contributed by atoms with Gasteiger partial charge in [0, 0.05) is 32.7 Å². The molecule has 1 aromatic carbocycles. The Hall–Kier alpha value is -1.39. The molecule has 1 aromatic rings. The summed E-state index contributed by atoms with van der Waals surface area (Å²) in [5.74, 6) is 0.777. The molecule has 2 heterocycles. The summed E-state index contributed by atoms with van der Waals surface area (Å²) in [6.07, 6.45) is 2.94. The zero-order chi connectivity index (χ0) is 16.3. The molecule has 2 fully saturated rings. The summed E-state index contributed by atoms with van der Waals surface area (Å²) in [5, 5.41) is 3.12. The van der Waals surface area contributed by atoms with E-state index in [0.717, 1.165) is 52.0 Å². The predicted molar refractivity (Wildman–Crippen MR) is 93.5 cm³/mol. The average Bonchev–Trinajstić information content (AvgIpc) is 2.71. The van der Waals surface area contributed by atoms with Gasteiger partial charge in [0.1, 0.15) is 5.54 Å². The lowest BCUT2D eigenvalue weighted by atomic mass is 9.84. The molecule has 1 spiro atoms. The molecule has 1 unspecified atom stereocenters. The van der Waals surface area contributed by atoms with E-state index >= 15 is 0 Å². The third-order valence-electron chi connectivity index (χ3n) is 5.69. The van der Waals surface area contributed by atoms with Crippen molar-refractivity contribution in [1.29, 1.82) is 0 Å². The van der Waals surface area contributed by atoms with Gasteiger partial charge in [-0.2, -0.15) is 0 Å². The van der Waals surface area contributed by atoms with E-state index in [2.05, 4.69) is 59.4 Å². The molecule has 0 aromatic heterocycles. The summed E-state index contributed by atoms with van der Waals surface area (Å²) in [7, 11) is 2.12. The number of likely N-dealkylation sites (N-methyl/N-ethyl adjacent to an activating group) is 1. The Balaban J connectivity index is 1.60. The quantitative estimate of drug-likeness (QED) is 0.927. The number of piperidine rings is 1. The third-order valence-corrected chi connectivity index (χ3v) is 5.69. The van der Waals surface area contributed by atoms with E-state index in [1.807, 2.05) is 0 Å². The normalized spacial score (nSPS) is 24.2. The minimum absolute atomic E-state index is 0.244. The maximum absolute atomic E-state index is 12.6. The molecule has 126 valence electrons. The number of hydrogen-bond acceptors (Lipinski definition) is 3. The van der Waals surface area contributed by atoms with Crippen LogP contribution in [0.1, 0.15) is 37.7 Å². The van der Waals surface area contributed by atoms with Crippen LogP contribution in [0.5, 0.6) is 0 Å². The fraction of sp³-hybridized carbons (Fsp3) is 0.632. The van der Waals surface area contributed by atoms with Gasteiger partial charge >= 0.3 is 0 Å². The zero-order valence-corrected chi connectivity index (χ0v) is 14.4. The predicted octanol–water partition coefficient (Wildman–Crippen LogP) is 2.08. The largest absolute Gasteiger partial charge is 0.354 e. The van der Waals surface area contributed by atoms with E-state index in [1.165, 1.54) is 5.56 Å². The minimum Gasteiger partial charge on any atom is -0.354 e. The Kier molecular flexibility index (Phi) is 5.02. The van der Waals surface area contributed by atoms with E-state index in [9.17, 15) is 4.79 Å². The van der Waals surface area contributed by atoms with E-state index in [0.29, 0.717) is 5.92 Å². The summed E-state index contributed by atoms with van der Waals surface area (Å²) in [6, 6.07) is 10.7. The highest BCUT2D eigenvalue weighted by atomic mass is 16.2. The number of benzene rings is 1. The molecular weight excluding hydrogens is 286 g/mol. The number of amides is 1. The maximum Gasteiger partial charge on any atom is 0.240 e. The fourth-order valence-electron chi connectivity index (χ4n) is 4.06. The lowest BCUT2D eigenvalue weighted by Crippen LogP contribution is -2.61. The number of hydrogen-bond donors (Lipinski definition) is 1.